The van der Waals surface area contributed by atoms with Gasteiger partial charge in [0, 0.05) is 24.3 Å². The molecule has 0 N–H and O–H groups in total. The van der Waals surface area contributed by atoms with E-state index in [0.717, 1.165) is 17.3 Å². The average molecular weight is 455 g/mol. The highest BCUT2D eigenvalue weighted by Gasteiger charge is 2.26. The number of hydrogen-bond donors (Lipinski definition) is 1. The van der Waals surface area contributed by atoms with Crippen LogP contribution in [0.15, 0.2) is 18.2 Å². The molecular formula is C21H26O7S2. The van der Waals surface area contributed by atoms with Crippen molar-refractivity contribution >= 4 is 53.0 Å². The van der Waals surface area contributed by atoms with Gasteiger partial charge in [-0.3, -0.25) is 14.4 Å². The molecule has 0 saturated carbocycles. The number of Topliss-reactive ketones (excluding diaryl/α,β-unsaturated/α-hetero) is 2. The first-order valence-corrected chi connectivity index (χ1v) is 10.9. The predicted octanol–water partition coefficient (Wildman–Crippen LogP) is 3.07. The highest BCUT2D eigenvalue weighted by molar-refractivity contribution is 8.14. The van der Waals surface area contributed by atoms with E-state index in [9.17, 15) is 24.0 Å². The SMILES string of the molecule is COC(=O)C(CSC(=O)c1ccc(C)cc1OC(=O)C(CS)CC(C)=O)CC(C)=O. The van der Waals surface area contributed by atoms with E-state index in [4.69, 9.17) is 9.47 Å². The summed E-state index contributed by atoms with van der Waals surface area (Å²) in [5, 5.41) is -0.413. The second kappa shape index (κ2) is 12.5. The molecule has 0 fully saturated rings. The van der Waals surface area contributed by atoms with Crippen LogP contribution in [0.2, 0.25) is 0 Å². The number of thiol groups is 1. The molecule has 0 aliphatic heterocycles. The lowest BCUT2D eigenvalue weighted by atomic mass is 10.1. The zero-order valence-corrected chi connectivity index (χ0v) is 19.1. The number of aryl methyl sites for hydroxylation is 1. The van der Waals surface area contributed by atoms with Crippen molar-refractivity contribution < 1.29 is 33.4 Å². The van der Waals surface area contributed by atoms with Crippen LogP contribution in [0, 0.1) is 18.8 Å². The smallest absolute Gasteiger partial charge is 0.315 e. The van der Waals surface area contributed by atoms with E-state index in [2.05, 4.69) is 12.6 Å². The summed E-state index contributed by atoms with van der Waals surface area (Å²) < 4.78 is 10.1. The van der Waals surface area contributed by atoms with Gasteiger partial charge in [-0.15, -0.1) is 0 Å². The Morgan fingerprint density at radius 2 is 1.60 bits per heavy atom. The number of carbonyl (C=O) groups excluding carboxylic acids is 5. The quantitative estimate of drug-likeness (QED) is 0.309. The molecule has 2 atom stereocenters. The van der Waals surface area contributed by atoms with Gasteiger partial charge in [0.1, 0.15) is 17.3 Å². The topological polar surface area (TPSA) is 104 Å². The zero-order chi connectivity index (χ0) is 22.8. The lowest BCUT2D eigenvalue weighted by Gasteiger charge is -2.15. The van der Waals surface area contributed by atoms with Gasteiger partial charge in [-0.25, -0.2) is 0 Å². The van der Waals surface area contributed by atoms with Gasteiger partial charge in [0.15, 0.2) is 0 Å². The van der Waals surface area contributed by atoms with Crippen molar-refractivity contribution in [3.63, 3.8) is 0 Å². The molecule has 1 aromatic carbocycles. The van der Waals surface area contributed by atoms with Crippen molar-refractivity contribution in [2.45, 2.75) is 33.6 Å². The Kier molecular flexibility index (Phi) is 10.8. The minimum absolute atomic E-state index is 0.00195. The number of benzene rings is 1. The van der Waals surface area contributed by atoms with Crippen LogP contribution >= 0.6 is 24.4 Å². The molecule has 1 aromatic rings. The van der Waals surface area contributed by atoms with Gasteiger partial charge in [0.05, 0.1) is 24.5 Å². The van der Waals surface area contributed by atoms with Crippen molar-refractivity contribution in [2.24, 2.45) is 11.8 Å². The van der Waals surface area contributed by atoms with Crippen molar-refractivity contribution in [2.75, 3.05) is 18.6 Å². The molecule has 0 heterocycles. The Bertz CT molecular complexity index is 820. The summed E-state index contributed by atoms with van der Waals surface area (Å²) in [6.07, 6.45) is -0.0323. The molecule has 0 spiro atoms. The van der Waals surface area contributed by atoms with Gasteiger partial charge in [-0.05, 0) is 38.5 Å². The van der Waals surface area contributed by atoms with Gasteiger partial charge < -0.3 is 19.1 Å². The molecule has 9 heteroatoms. The zero-order valence-electron chi connectivity index (χ0n) is 17.4. The third kappa shape index (κ3) is 8.31. The fraction of sp³-hybridized carbons (Fsp3) is 0.476. The van der Waals surface area contributed by atoms with Gasteiger partial charge in [0.2, 0.25) is 5.12 Å². The first kappa shape index (κ1) is 25.9. The third-order valence-electron chi connectivity index (χ3n) is 4.14. The Labute approximate surface area is 185 Å². The van der Waals surface area contributed by atoms with Crippen LogP contribution in [-0.4, -0.2) is 47.2 Å². The fourth-order valence-electron chi connectivity index (χ4n) is 2.62. The molecule has 0 saturated heterocycles. The van der Waals surface area contributed by atoms with Crippen LogP contribution in [0.5, 0.6) is 5.75 Å². The molecule has 164 valence electrons. The van der Waals surface area contributed by atoms with Crippen LogP contribution in [0.25, 0.3) is 0 Å². The fourth-order valence-corrected chi connectivity index (χ4v) is 3.83. The lowest BCUT2D eigenvalue weighted by molar-refractivity contribution is -0.146. The minimum Gasteiger partial charge on any atom is -0.469 e. The molecule has 0 amide bonds. The van der Waals surface area contributed by atoms with E-state index in [1.165, 1.54) is 27.0 Å². The van der Waals surface area contributed by atoms with Gasteiger partial charge in [-0.1, -0.05) is 17.8 Å². The first-order chi connectivity index (χ1) is 14.1. The maximum Gasteiger partial charge on any atom is 0.315 e. The predicted molar refractivity (Wildman–Crippen MR) is 117 cm³/mol. The molecule has 0 aliphatic carbocycles. The summed E-state index contributed by atoms with van der Waals surface area (Å²) in [5.41, 5.74) is 0.934. The lowest BCUT2D eigenvalue weighted by Crippen LogP contribution is -2.25. The molecule has 1 rings (SSSR count). The standard InChI is InChI=1S/C21H26O7S2/c1-12-5-6-17(18(7-12)28-20(25)15(10-29)8-13(2)22)21(26)30-11-16(9-14(3)23)19(24)27-4/h5-7,15-16,29H,8-11H2,1-4H3. The van der Waals surface area contributed by atoms with E-state index in [0.29, 0.717) is 0 Å². The Balaban J connectivity index is 2.99. The van der Waals surface area contributed by atoms with Crippen LogP contribution in [-0.2, 0) is 23.9 Å². The second-order valence-corrected chi connectivity index (χ2v) is 8.29. The summed E-state index contributed by atoms with van der Waals surface area (Å²) in [5.74, 6) is -2.77. The normalized spacial score (nSPS) is 12.6. The summed E-state index contributed by atoms with van der Waals surface area (Å²) >= 11 is 4.94. The molecule has 7 nitrogen and oxygen atoms in total. The molecular weight excluding hydrogens is 428 g/mol. The van der Waals surface area contributed by atoms with Crippen molar-refractivity contribution in [1.29, 1.82) is 0 Å². The maximum atomic E-state index is 12.7. The van der Waals surface area contributed by atoms with Gasteiger partial charge >= 0.3 is 11.9 Å². The highest BCUT2D eigenvalue weighted by atomic mass is 32.2. The summed E-state index contributed by atoms with van der Waals surface area (Å²) in [4.78, 5) is 59.8. The maximum absolute atomic E-state index is 12.7. The van der Waals surface area contributed by atoms with Crippen molar-refractivity contribution in [1.82, 2.24) is 0 Å². The third-order valence-corrected chi connectivity index (χ3v) is 5.63. The van der Waals surface area contributed by atoms with E-state index >= 15 is 0 Å². The monoisotopic (exact) mass is 454 g/mol. The highest BCUT2D eigenvalue weighted by Crippen LogP contribution is 2.28. The molecule has 0 radical (unpaired) electrons. The average Bonchev–Trinajstić information content (AvgIpc) is 2.67. The van der Waals surface area contributed by atoms with E-state index in [1.807, 2.05) is 0 Å². The Morgan fingerprint density at radius 1 is 1.00 bits per heavy atom. The number of methoxy groups -OCH3 is 1. The Hall–Kier alpha value is -2.13. The number of rotatable bonds is 11. The van der Waals surface area contributed by atoms with Crippen LogP contribution in [0.1, 0.15) is 42.6 Å². The van der Waals surface area contributed by atoms with E-state index < -0.39 is 28.9 Å². The van der Waals surface area contributed by atoms with Gasteiger partial charge in [0.25, 0.3) is 0 Å². The molecule has 2 unspecified atom stereocenters. The van der Waals surface area contributed by atoms with Crippen molar-refractivity contribution in [3.05, 3.63) is 29.3 Å². The summed E-state index contributed by atoms with van der Waals surface area (Å²) in [6.45, 7) is 4.52. The second-order valence-electron chi connectivity index (χ2n) is 6.93. The summed E-state index contributed by atoms with van der Waals surface area (Å²) in [6, 6.07) is 4.79. The first-order valence-electron chi connectivity index (χ1n) is 9.26. The van der Waals surface area contributed by atoms with Crippen LogP contribution < -0.4 is 4.74 Å². The number of carbonyl (C=O) groups is 5. The Morgan fingerprint density at radius 3 is 2.13 bits per heavy atom. The molecule has 0 bridgehead atoms. The molecule has 30 heavy (non-hydrogen) atoms. The minimum atomic E-state index is -0.748. The van der Waals surface area contributed by atoms with Crippen molar-refractivity contribution in [3.8, 4) is 5.75 Å². The van der Waals surface area contributed by atoms with Crippen LogP contribution in [0.4, 0.5) is 0 Å². The van der Waals surface area contributed by atoms with Gasteiger partial charge in [-0.2, -0.15) is 12.6 Å². The summed E-state index contributed by atoms with van der Waals surface area (Å²) in [7, 11) is 1.22. The number of hydrogen-bond acceptors (Lipinski definition) is 9. The number of ketones is 2. The molecule has 0 aliphatic rings. The number of ether oxygens (including phenoxy) is 2. The number of esters is 2. The number of thioether (sulfide) groups is 1. The van der Waals surface area contributed by atoms with E-state index in [-0.39, 0.29) is 47.2 Å². The van der Waals surface area contributed by atoms with Crippen LogP contribution in [0.3, 0.4) is 0 Å². The van der Waals surface area contributed by atoms with E-state index in [1.54, 1.807) is 19.1 Å². The molecule has 0 aromatic heterocycles. The largest absolute Gasteiger partial charge is 0.469 e.